The first kappa shape index (κ1) is 13.0. The van der Waals surface area contributed by atoms with Crippen LogP contribution in [0.25, 0.3) is 0 Å². The van der Waals surface area contributed by atoms with Crippen molar-refractivity contribution in [1.82, 2.24) is 14.9 Å². The van der Waals surface area contributed by atoms with E-state index in [9.17, 15) is 4.79 Å². The summed E-state index contributed by atoms with van der Waals surface area (Å²) in [5.41, 5.74) is 5.87. The molecule has 0 aromatic carbocycles. The quantitative estimate of drug-likeness (QED) is 0.740. The van der Waals surface area contributed by atoms with Gasteiger partial charge in [-0.1, -0.05) is 0 Å². The van der Waals surface area contributed by atoms with Crippen molar-refractivity contribution in [2.24, 2.45) is 5.73 Å². The lowest BCUT2D eigenvalue weighted by molar-refractivity contribution is -0.126. The normalized spacial score (nSPS) is 26.7. The molecule has 1 saturated carbocycles. The Kier molecular flexibility index (Phi) is 4.33. The van der Waals surface area contributed by atoms with E-state index < -0.39 is 0 Å². The van der Waals surface area contributed by atoms with Crippen LogP contribution in [0.15, 0.2) is 18.7 Å². The molecule has 100 valence electrons. The van der Waals surface area contributed by atoms with Crippen LogP contribution in [0.2, 0.25) is 0 Å². The largest absolute Gasteiger partial charge is 0.376 e. The standard InChI is InChI=1S/C12H20N4O2/c1-2-18-10-7-9(13)12(10)15-11(17)3-5-16-6-4-14-8-16/h4,6,8-10,12H,2-3,5,7,13H2,1H3,(H,15,17). The molecule has 3 N–H and O–H groups in total. The summed E-state index contributed by atoms with van der Waals surface area (Å²) in [5, 5.41) is 2.94. The number of aromatic nitrogens is 2. The van der Waals surface area contributed by atoms with Gasteiger partial charge in [0.15, 0.2) is 0 Å². The minimum absolute atomic E-state index is 0.00792. The fourth-order valence-electron chi connectivity index (χ4n) is 2.13. The number of carbonyl (C=O) groups is 1. The number of amides is 1. The number of hydrogen-bond donors (Lipinski definition) is 2. The molecule has 3 atom stereocenters. The SMILES string of the molecule is CCOC1CC(N)C1NC(=O)CCn1ccnc1. The molecule has 18 heavy (non-hydrogen) atoms. The third-order valence-electron chi connectivity index (χ3n) is 3.23. The van der Waals surface area contributed by atoms with E-state index in [0.29, 0.717) is 19.6 Å². The molecular formula is C12H20N4O2. The van der Waals surface area contributed by atoms with Crippen LogP contribution in [0.1, 0.15) is 19.8 Å². The zero-order valence-corrected chi connectivity index (χ0v) is 10.6. The Hall–Kier alpha value is -1.40. The Morgan fingerprint density at radius 1 is 1.67 bits per heavy atom. The molecule has 1 fully saturated rings. The molecule has 1 aliphatic carbocycles. The molecular weight excluding hydrogens is 232 g/mol. The molecule has 0 radical (unpaired) electrons. The van der Waals surface area contributed by atoms with Gasteiger partial charge in [0.2, 0.25) is 5.91 Å². The predicted octanol–water partition coefficient (Wildman–Crippen LogP) is -0.106. The van der Waals surface area contributed by atoms with Crippen LogP contribution in [-0.4, -0.2) is 40.3 Å². The van der Waals surface area contributed by atoms with E-state index in [-0.39, 0.29) is 24.1 Å². The zero-order chi connectivity index (χ0) is 13.0. The summed E-state index contributed by atoms with van der Waals surface area (Å²) in [7, 11) is 0. The van der Waals surface area contributed by atoms with Gasteiger partial charge >= 0.3 is 0 Å². The number of ether oxygens (including phenoxy) is 1. The van der Waals surface area contributed by atoms with Crippen molar-refractivity contribution in [2.45, 2.75) is 44.5 Å². The van der Waals surface area contributed by atoms with Gasteiger partial charge in [0.1, 0.15) is 0 Å². The Morgan fingerprint density at radius 3 is 3.11 bits per heavy atom. The van der Waals surface area contributed by atoms with Crippen molar-refractivity contribution in [3.63, 3.8) is 0 Å². The van der Waals surface area contributed by atoms with Gasteiger partial charge in [-0.2, -0.15) is 0 Å². The minimum Gasteiger partial charge on any atom is -0.376 e. The Labute approximate surface area is 107 Å². The molecule has 0 spiro atoms. The number of carbonyl (C=O) groups excluding carboxylic acids is 1. The second kappa shape index (κ2) is 5.97. The second-order valence-corrected chi connectivity index (χ2v) is 4.54. The van der Waals surface area contributed by atoms with Crippen molar-refractivity contribution in [3.8, 4) is 0 Å². The topological polar surface area (TPSA) is 82.2 Å². The van der Waals surface area contributed by atoms with E-state index in [1.54, 1.807) is 12.5 Å². The minimum atomic E-state index is -0.0414. The average Bonchev–Trinajstić information content (AvgIpc) is 2.86. The van der Waals surface area contributed by atoms with Crippen molar-refractivity contribution in [3.05, 3.63) is 18.7 Å². The number of nitrogens with two attached hydrogens (primary N) is 1. The molecule has 0 saturated heterocycles. The monoisotopic (exact) mass is 252 g/mol. The first-order valence-electron chi connectivity index (χ1n) is 6.33. The number of nitrogens with zero attached hydrogens (tertiary/aromatic N) is 2. The molecule has 3 unspecified atom stereocenters. The maximum absolute atomic E-state index is 11.8. The van der Waals surface area contributed by atoms with E-state index >= 15 is 0 Å². The lowest BCUT2D eigenvalue weighted by Gasteiger charge is -2.42. The Balaban J connectivity index is 1.73. The summed E-state index contributed by atoms with van der Waals surface area (Å²) in [6.07, 6.45) is 6.56. The van der Waals surface area contributed by atoms with Crippen LogP contribution in [0, 0.1) is 0 Å². The number of hydrogen-bond acceptors (Lipinski definition) is 4. The lowest BCUT2D eigenvalue weighted by Crippen LogP contribution is -2.64. The highest BCUT2D eigenvalue weighted by Crippen LogP contribution is 2.22. The first-order valence-corrected chi connectivity index (χ1v) is 6.33. The third-order valence-corrected chi connectivity index (χ3v) is 3.23. The molecule has 0 bridgehead atoms. The summed E-state index contributed by atoms with van der Waals surface area (Å²) in [4.78, 5) is 15.7. The molecule has 2 rings (SSSR count). The maximum Gasteiger partial charge on any atom is 0.222 e. The fourth-order valence-corrected chi connectivity index (χ4v) is 2.13. The van der Waals surface area contributed by atoms with Gasteiger partial charge in [0.05, 0.1) is 18.5 Å². The molecule has 1 amide bonds. The Bertz CT molecular complexity index is 377. The predicted molar refractivity (Wildman–Crippen MR) is 66.8 cm³/mol. The van der Waals surface area contributed by atoms with Gasteiger partial charge in [-0.05, 0) is 13.3 Å². The number of aryl methyl sites for hydroxylation is 1. The van der Waals surface area contributed by atoms with Gasteiger partial charge < -0.3 is 20.4 Å². The summed E-state index contributed by atoms with van der Waals surface area (Å²) < 4.78 is 7.38. The van der Waals surface area contributed by atoms with E-state index in [2.05, 4.69) is 10.3 Å². The van der Waals surface area contributed by atoms with Crippen molar-refractivity contribution < 1.29 is 9.53 Å². The molecule has 1 aliphatic rings. The van der Waals surface area contributed by atoms with Crippen LogP contribution >= 0.6 is 0 Å². The van der Waals surface area contributed by atoms with Gasteiger partial charge in [-0.3, -0.25) is 4.79 Å². The smallest absolute Gasteiger partial charge is 0.222 e. The fraction of sp³-hybridized carbons (Fsp3) is 0.667. The number of nitrogens with one attached hydrogen (secondary N) is 1. The molecule has 0 aliphatic heterocycles. The van der Waals surface area contributed by atoms with Crippen molar-refractivity contribution in [2.75, 3.05) is 6.61 Å². The van der Waals surface area contributed by atoms with Crippen LogP contribution in [-0.2, 0) is 16.1 Å². The molecule has 1 aromatic rings. The van der Waals surface area contributed by atoms with Gasteiger partial charge in [-0.25, -0.2) is 4.98 Å². The Morgan fingerprint density at radius 2 is 2.50 bits per heavy atom. The van der Waals surface area contributed by atoms with E-state index in [0.717, 1.165) is 6.42 Å². The molecule has 1 aromatic heterocycles. The number of imidazole rings is 1. The van der Waals surface area contributed by atoms with Crippen LogP contribution in [0.5, 0.6) is 0 Å². The second-order valence-electron chi connectivity index (χ2n) is 4.54. The average molecular weight is 252 g/mol. The molecule has 6 nitrogen and oxygen atoms in total. The van der Waals surface area contributed by atoms with E-state index in [1.165, 1.54) is 0 Å². The summed E-state index contributed by atoms with van der Waals surface area (Å²) >= 11 is 0. The van der Waals surface area contributed by atoms with Crippen molar-refractivity contribution >= 4 is 5.91 Å². The molecule has 1 heterocycles. The highest BCUT2D eigenvalue weighted by molar-refractivity contribution is 5.76. The van der Waals surface area contributed by atoms with Gasteiger partial charge in [0.25, 0.3) is 0 Å². The van der Waals surface area contributed by atoms with Crippen LogP contribution < -0.4 is 11.1 Å². The van der Waals surface area contributed by atoms with Crippen LogP contribution in [0.4, 0.5) is 0 Å². The summed E-state index contributed by atoms with van der Waals surface area (Å²) in [6, 6.07) is -0.0287. The van der Waals surface area contributed by atoms with Crippen molar-refractivity contribution in [1.29, 1.82) is 0 Å². The summed E-state index contributed by atoms with van der Waals surface area (Å²) in [6.45, 7) is 3.23. The van der Waals surface area contributed by atoms with Gasteiger partial charge in [0, 0.05) is 38.0 Å². The first-order chi connectivity index (χ1) is 8.70. The number of rotatable bonds is 6. The van der Waals surface area contributed by atoms with Gasteiger partial charge in [-0.15, -0.1) is 0 Å². The lowest BCUT2D eigenvalue weighted by atomic mass is 9.83. The van der Waals surface area contributed by atoms with E-state index in [4.69, 9.17) is 10.5 Å². The summed E-state index contributed by atoms with van der Waals surface area (Å²) in [5.74, 6) is 0.00792. The maximum atomic E-state index is 11.8. The third kappa shape index (κ3) is 3.08. The highest BCUT2D eigenvalue weighted by atomic mass is 16.5. The molecule has 6 heteroatoms. The van der Waals surface area contributed by atoms with Crippen LogP contribution in [0.3, 0.4) is 0 Å². The highest BCUT2D eigenvalue weighted by Gasteiger charge is 2.40. The van der Waals surface area contributed by atoms with E-state index in [1.807, 2.05) is 17.7 Å². The zero-order valence-electron chi connectivity index (χ0n) is 10.6.